The van der Waals surface area contributed by atoms with E-state index in [0.717, 1.165) is 0 Å². The molecule has 0 radical (unpaired) electrons. The van der Waals surface area contributed by atoms with Gasteiger partial charge >= 0.3 is 0 Å². The van der Waals surface area contributed by atoms with Gasteiger partial charge in [-0.25, -0.2) is 0 Å². The lowest BCUT2D eigenvalue weighted by atomic mass is 10.1. The molecular weight excluding hydrogens is 280 g/mol. The summed E-state index contributed by atoms with van der Waals surface area (Å²) in [5.74, 6) is 0.662. The number of hydrogen-bond acceptors (Lipinski definition) is 4. The fourth-order valence-corrected chi connectivity index (χ4v) is 2.51. The van der Waals surface area contributed by atoms with E-state index in [2.05, 4.69) is 0 Å². The van der Waals surface area contributed by atoms with Crippen LogP contribution in [-0.2, 0) is 0 Å². The molecule has 4 heteroatoms. The third-order valence-corrected chi connectivity index (χ3v) is 3.62. The monoisotopic (exact) mass is 294 g/mol. The second kappa shape index (κ2) is 5.48. The summed E-state index contributed by atoms with van der Waals surface area (Å²) in [6, 6.07) is 12.1. The van der Waals surface area contributed by atoms with Crippen LogP contribution in [0.4, 0.5) is 0 Å². The lowest BCUT2D eigenvalue weighted by Crippen LogP contribution is -2.00. The van der Waals surface area contributed by atoms with Crippen LogP contribution in [0.5, 0.6) is 11.5 Å². The molecule has 1 aliphatic carbocycles. The van der Waals surface area contributed by atoms with Crippen LogP contribution in [0.25, 0.3) is 6.08 Å². The molecule has 0 atom stereocenters. The van der Waals surface area contributed by atoms with Crippen LogP contribution in [0, 0.1) is 0 Å². The van der Waals surface area contributed by atoms with Gasteiger partial charge in [-0.05, 0) is 23.8 Å². The van der Waals surface area contributed by atoms with Crippen LogP contribution < -0.4 is 9.47 Å². The van der Waals surface area contributed by atoms with Gasteiger partial charge in [-0.3, -0.25) is 9.59 Å². The highest BCUT2D eigenvalue weighted by atomic mass is 16.5. The first-order chi connectivity index (χ1) is 10.7. The van der Waals surface area contributed by atoms with E-state index in [9.17, 15) is 9.59 Å². The predicted octanol–water partition coefficient (Wildman–Crippen LogP) is 3.17. The third kappa shape index (κ3) is 2.19. The van der Waals surface area contributed by atoms with Crippen molar-refractivity contribution in [2.75, 3.05) is 14.2 Å². The van der Waals surface area contributed by atoms with Crippen molar-refractivity contribution in [3.05, 3.63) is 64.7 Å². The molecular formula is C18H14O4. The van der Waals surface area contributed by atoms with Gasteiger partial charge in [0, 0.05) is 11.1 Å². The zero-order valence-electron chi connectivity index (χ0n) is 12.3. The van der Waals surface area contributed by atoms with E-state index >= 15 is 0 Å². The number of ketones is 2. The summed E-state index contributed by atoms with van der Waals surface area (Å²) in [5, 5.41) is 0. The summed E-state index contributed by atoms with van der Waals surface area (Å²) in [4.78, 5) is 24.7. The fraction of sp³-hybridized carbons (Fsp3) is 0.111. The first-order valence-corrected chi connectivity index (χ1v) is 6.78. The van der Waals surface area contributed by atoms with Crippen LogP contribution in [0.3, 0.4) is 0 Å². The molecule has 0 aromatic heterocycles. The molecule has 3 rings (SSSR count). The Kier molecular flexibility index (Phi) is 3.51. The Morgan fingerprint density at radius 2 is 1.41 bits per heavy atom. The SMILES string of the molecule is COc1ccc(C=C2C(=O)c3ccccc3C2=O)cc1OC. The quantitative estimate of drug-likeness (QED) is 0.644. The zero-order valence-corrected chi connectivity index (χ0v) is 12.3. The van der Waals surface area contributed by atoms with Crippen molar-refractivity contribution in [3.63, 3.8) is 0 Å². The lowest BCUT2D eigenvalue weighted by Gasteiger charge is -2.07. The van der Waals surface area contributed by atoms with Crippen molar-refractivity contribution in [1.82, 2.24) is 0 Å². The maximum absolute atomic E-state index is 12.3. The number of Topliss-reactive ketones (excluding diaryl/α,β-unsaturated/α-hetero) is 2. The van der Waals surface area contributed by atoms with Gasteiger partial charge in [0.05, 0.1) is 19.8 Å². The van der Waals surface area contributed by atoms with Gasteiger partial charge in [0.1, 0.15) is 0 Å². The highest BCUT2D eigenvalue weighted by Gasteiger charge is 2.32. The largest absolute Gasteiger partial charge is 0.493 e. The molecule has 0 N–H and O–H groups in total. The van der Waals surface area contributed by atoms with E-state index < -0.39 is 0 Å². The maximum atomic E-state index is 12.3. The molecule has 0 heterocycles. The van der Waals surface area contributed by atoms with Crippen LogP contribution >= 0.6 is 0 Å². The summed E-state index contributed by atoms with van der Waals surface area (Å²) >= 11 is 0. The Labute approximate surface area is 128 Å². The molecule has 0 saturated carbocycles. The fourth-order valence-electron chi connectivity index (χ4n) is 2.51. The number of methoxy groups -OCH3 is 2. The number of fused-ring (bicyclic) bond motifs is 1. The minimum Gasteiger partial charge on any atom is -0.493 e. The van der Waals surface area contributed by atoms with Crippen molar-refractivity contribution in [1.29, 1.82) is 0 Å². The van der Waals surface area contributed by atoms with E-state index in [-0.39, 0.29) is 17.1 Å². The predicted molar refractivity (Wildman–Crippen MR) is 82.6 cm³/mol. The Morgan fingerprint density at radius 3 is 1.95 bits per heavy atom. The van der Waals surface area contributed by atoms with Gasteiger partial charge < -0.3 is 9.47 Å². The van der Waals surface area contributed by atoms with Crippen LogP contribution in [-0.4, -0.2) is 25.8 Å². The molecule has 0 amide bonds. The van der Waals surface area contributed by atoms with Crippen LogP contribution in [0.1, 0.15) is 26.3 Å². The summed E-state index contributed by atoms with van der Waals surface area (Å²) in [6.07, 6.45) is 1.59. The number of ether oxygens (including phenoxy) is 2. The molecule has 1 aliphatic rings. The van der Waals surface area contributed by atoms with Crippen molar-refractivity contribution >= 4 is 17.6 Å². The van der Waals surface area contributed by atoms with E-state index in [0.29, 0.717) is 28.2 Å². The maximum Gasteiger partial charge on any atom is 0.197 e. The zero-order chi connectivity index (χ0) is 15.7. The molecule has 0 aliphatic heterocycles. The topological polar surface area (TPSA) is 52.6 Å². The summed E-state index contributed by atoms with van der Waals surface area (Å²) in [6.45, 7) is 0. The summed E-state index contributed by atoms with van der Waals surface area (Å²) in [7, 11) is 3.09. The standard InChI is InChI=1S/C18H14O4/c1-21-15-8-7-11(10-16(15)22-2)9-14-17(19)12-5-3-4-6-13(12)18(14)20/h3-10H,1-2H3. The van der Waals surface area contributed by atoms with Crippen molar-refractivity contribution in [2.24, 2.45) is 0 Å². The van der Waals surface area contributed by atoms with Crippen LogP contribution in [0.2, 0.25) is 0 Å². The van der Waals surface area contributed by atoms with Crippen molar-refractivity contribution < 1.29 is 19.1 Å². The molecule has 110 valence electrons. The molecule has 0 fully saturated rings. The second-order valence-electron chi connectivity index (χ2n) is 4.88. The van der Waals surface area contributed by atoms with Crippen LogP contribution in [0.15, 0.2) is 48.0 Å². The van der Waals surface area contributed by atoms with E-state index in [1.807, 2.05) is 0 Å². The van der Waals surface area contributed by atoms with E-state index in [1.165, 1.54) is 7.11 Å². The Morgan fingerprint density at radius 1 is 0.818 bits per heavy atom. The van der Waals surface area contributed by atoms with Gasteiger partial charge in [0.15, 0.2) is 23.1 Å². The average Bonchev–Trinajstić information content (AvgIpc) is 2.80. The Bertz CT molecular complexity index is 765. The normalized spacial score (nSPS) is 13.1. The number of carbonyl (C=O) groups is 2. The van der Waals surface area contributed by atoms with Crippen molar-refractivity contribution in [2.45, 2.75) is 0 Å². The molecule has 0 unspecified atom stereocenters. The van der Waals surface area contributed by atoms with Gasteiger partial charge in [0.2, 0.25) is 0 Å². The number of benzene rings is 2. The molecule has 4 nitrogen and oxygen atoms in total. The highest BCUT2D eigenvalue weighted by molar-refractivity contribution is 6.41. The molecule has 0 bridgehead atoms. The number of allylic oxidation sites excluding steroid dienone is 1. The average molecular weight is 294 g/mol. The molecule has 2 aromatic carbocycles. The summed E-state index contributed by atoms with van der Waals surface area (Å²) < 4.78 is 10.4. The van der Waals surface area contributed by atoms with Gasteiger partial charge in [0.25, 0.3) is 0 Å². The van der Waals surface area contributed by atoms with Gasteiger partial charge in [-0.15, -0.1) is 0 Å². The number of carbonyl (C=O) groups excluding carboxylic acids is 2. The smallest absolute Gasteiger partial charge is 0.197 e. The van der Waals surface area contributed by atoms with E-state index in [4.69, 9.17) is 9.47 Å². The molecule has 22 heavy (non-hydrogen) atoms. The van der Waals surface area contributed by atoms with Gasteiger partial charge in [-0.2, -0.15) is 0 Å². The third-order valence-electron chi connectivity index (χ3n) is 3.62. The molecule has 0 saturated heterocycles. The second-order valence-corrected chi connectivity index (χ2v) is 4.88. The minimum absolute atomic E-state index is 0.174. The summed E-state index contributed by atoms with van der Waals surface area (Å²) in [5.41, 5.74) is 1.80. The lowest BCUT2D eigenvalue weighted by molar-refractivity contribution is 0.0990. The first kappa shape index (κ1) is 14.1. The molecule has 0 spiro atoms. The Hall–Kier alpha value is -2.88. The number of rotatable bonds is 3. The number of hydrogen-bond donors (Lipinski definition) is 0. The highest BCUT2D eigenvalue weighted by Crippen LogP contribution is 2.31. The minimum atomic E-state index is -0.240. The van der Waals surface area contributed by atoms with E-state index in [1.54, 1.807) is 55.7 Å². The van der Waals surface area contributed by atoms with Crippen molar-refractivity contribution in [3.8, 4) is 11.5 Å². The molecule has 2 aromatic rings. The van der Waals surface area contributed by atoms with Gasteiger partial charge in [-0.1, -0.05) is 30.3 Å². The first-order valence-electron chi connectivity index (χ1n) is 6.78. The Balaban J connectivity index is 2.04.